The standard InChI is InChI=1S/C19H24F3N3O3/c1-12-8-25(18(27)11-28-12)10-14(23)7-17(26)24-6-5-15-13(9-24)3-2-4-16(15)19(20,21)22/h2-4,12,14H,5-11,23H2,1H3/t12-,14-/m0/s1. The highest BCUT2D eigenvalue weighted by atomic mass is 19.4. The van der Waals surface area contributed by atoms with E-state index in [1.807, 2.05) is 6.92 Å². The minimum absolute atomic E-state index is 0.00623. The van der Waals surface area contributed by atoms with Gasteiger partial charge in [0.1, 0.15) is 6.61 Å². The van der Waals surface area contributed by atoms with Gasteiger partial charge in [-0.1, -0.05) is 12.1 Å². The minimum atomic E-state index is -4.40. The zero-order valence-corrected chi connectivity index (χ0v) is 15.7. The lowest BCUT2D eigenvalue weighted by molar-refractivity contribution is -0.148. The van der Waals surface area contributed by atoms with Gasteiger partial charge in [-0.3, -0.25) is 9.59 Å². The van der Waals surface area contributed by atoms with Crippen LogP contribution in [0.3, 0.4) is 0 Å². The maximum absolute atomic E-state index is 13.1. The molecule has 0 saturated carbocycles. The molecule has 6 nitrogen and oxygen atoms in total. The molecule has 2 aliphatic heterocycles. The summed E-state index contributed by atoms with van der Waals surface area (Å²) in [5.74, 6) is -0.378. The number of nitrogens with zero attached hydrogens (tertiary/aromatic N) is 2. The first-order chi connectivity index (χ1) is 13.1. The molecule has 1 fully saturated rings. The van der Waals surface area contributed by atoms with E-state index in [2.05, 4.69) is 0 Å². The molecule has 0 bridgehead atoms. The second-order valence-electron chi connectivity index (χ2n) is 7.39. The van der Waals surface area contributed by atoms with Gasteiger partial charge in [0.15, 0.2) is 0 Å². The molecule has 2 heterocycles. The van der Waals surface area contributed by atoms with Crippen LogP contribution in [-0.2, 0) is 33.5 Å². The lowest BCUT2D eigenvalue weighted by Crippen LogP contribution is -2.51. The molecule has 2 atom stereocenters. The molecule has 1 aromatic rings. The summed E-state index contributed by atoms with van der Waals surface area (Å²) in [6.07, 6.45) is -4.29. The van der Waals surface area contributed by atoms with Gasteiger partial charge in [0.05, 0.1) is 11.7 Å². The molecule has 9 heteroatoms. The minimum Gasteiger partial charge on any atom is -0.367 e. The van der Waals surface area contributed by atoms with Crippen molar-refractivity contribution in [2.24, 2.45) is 5.73 Å². The van der Waals surface area contributed by atoms with Crippen LogP contribution in [-0.4, -0.2) is 60.0 Å². The summed E-state index contributed by atoms with van der Waals surface area (Å²) in [6, 6.07) is 3.53. The molecule has 3 rings (SSSR count). The molecule has 28 heavy (non-hydrogen) atoms. The predicted octanol–water partition coefficient (Wildman–Crippen LogP) is 1.55. The van der Waals surface area contributed by atoms with Gasteiger partial charge < -0.3 is 20.3 Å². The smallest absolute Gasteiger partial charge is 0.367 e. The molecule has 154 valence electrons. The SMILES string of the molecule is C[C@H]1CN(C[C@@H](N)CC(=O)N2CCc3c(cccc3C(F)(F)F)C2)C(=O)CO1. The van der Waals surface area contributed by atoms with E-state index >= 15 is 0 Å². The monoisotopic (exact) mass is 399 g/mol. The van der Waals surface area contributed by atoms with Crippen molar-refractivity contribution >= 4 is 11.8 Å². The van der Waals surface area contributed by atoms with E-state index in [9.17, 15) is 22.8 Å². The Morgan fingerprint density at radius 3 is 2.86 bits per heavy atom. The number of hydrogen-bond acceptors (Lipinski definition) is 4. The van der Waals surface area contributed by atoms with Gasteiger partial charge in [-0.05, 0) is 30.5 Å². The fourth-order valence-electron chi connectivity index (χ4n) is 3.74. The predicted molar refractivity (Wildman–Crippen MR) is 95.2 cm³/mol. The van der Waals surface area contributed by atoms with Crippen LogP contribution in [0.2, 0.25) is 0 Å². The van der Waals surface area contributed by atoms with Gasteiger partial charge >= 0.3 is 6.18 Å². The van der Waals surface area contributed by atoms with Crippen LogP contribution in [0.15, 0.2) is 18.2 Å². The summed E-state index contributed by atoms with van der Waals surface area (Å²) in [5.41, 5.74) is 6.21. The van der Waals surface area contributed by atoms with Crippen LogP contribution in [0.25, 0.3) is 0 Å². The fourth-order valence-corrected chi connectivity index (χ4v) is 3.74. The number of hydrogen-bond donors (Lipinski definition) is 1. The van der Waals surface area contributed by atoms with Crippen LogP contribution in [0.5, 0.6) is 0 Å². The van der Waals surface area contributed by atoms with Crippen molar-refractivity contribution in [1.29, 1.82) is 0 Å². The maximum atomic E-state index is 13.1. The first kappa shape index (κ1) is 20.6. The molecule has 1 saturated heterocycles. The Labute approximate surface area is 161 Å². The number of halogens is 3. The number of carbonyl (C=O) groups excluding carboxylic acids is 2. The van der Waals surface area contributed by atoms with E-state index in [1.54, 1.807) is 11.0 Å². The molecular formula is C19H24F3N3O3. The van der Waals surface area contributed by atoms with Crippen molar-refractivity contribution in [2.75, 3.05) is 26.2 Å². The molecule has 0 spiro atoms. The summed E-state index contributed by atoms with van der Waals surface area (Å²) in [4.78, 5) is 27.6. The van der Waals surface area contributed by atoms with Crippen LogP contribution >= 0.6 is 0 Å². The van der Waals surface area contributed by atoms with E-state index in [-0.39, 0.29) is 62.6 Å². The number of ether oxygens (including phenoxy) is 1. The molecule has 0 aliphatic carbocycles. The third-order valence-corrected chi connectivity index (χ3v) is 5.14. The highest BCUT2D eigenvalue weighted by Gasteiger charge is 2.36. The summed E-state index contributed by atoms with van der Waals surface area (Å²) in [6.45, 7) is 2.90. The van der Waals surface area contributed by atoms with Gasteiger partial charge in [-0.25, -0.2) is 0 Å². The van der Waals surface area contributed by atoms with Crippen LogP contribution in [0.4, 0.5) is 13.2 Å². The number of rotatable bonds is 4. The second kappa shape index (κ2) is 8.08. The second-order valence-corrected chi connectivity index (χ2v) is 7.39. The average Bonchev–Trinajstić information content (AvgIpc) is 2.62. The zero-order chi connectivity index (χ0) is 20.5. The average molecular weight is 399 g/mol. The van der Waals surface area contributed by atoms with Gasteiger partial charge in [-0.15, -0.1) is 0 Å². The zero-order valence-electron chi connectivity index (χ0n) is 15.7. The van der Waals surface area contributed by atoms with Crippen molar-refractivity contribution in [3.05, 3.63) is 34.9 Å². The highest BCUT2D eigenvalue weighted by molar-refractivity contribution is 5.79. The normalized spacial score (nSPS) is 21.5. The van der Waals surface area contributed by atoms with Crippen molar-refractivity contribution in [3.8, 4) is 0 Å². The Morgan fingerprint density at radius 2 is 2.14 bits per heavy atom. The summed E-state index contributed by atoms with van der Waals surface area (Å²) in [7, 11) is 0. The van der Waals surface area contributed by atoms with Crippen LogP contribution in [0.1, 0.15) is 30.0 Å². The summed E-state index contributed by atoms with van der Waals surface area (Å²) < 4.78 is 44.7. The maximum Gasteiger partial charge on any atom is 0.416 e. The lowest BCUT2D eigenvalue weighted by Gasteiger charge is -2.34. The molecule has 2 amide bonds. The third-order valence-electron chi connectivity index (χ3n) is 5.14. The number of alkyl halides is 3. The van der Waals surface area contributed by atoms with E-state index in [0.29, 0.717) is 12.1 Å². The molecular weight excluding hydrogens is 375 g/mol. The van der Waals surface area contributed by atoms with Gasteiger partial charge in [-0.2, -0.15) is 13.2 Å². The first-order valence-corrected chi connectivity index (χ1v) is 9.26. The largest absolute Gasteiger partial charge is 0.416 e. The molecule has 2 N–H and O–H groups in total. The topological polar surface area (TPSA) is 75.9 Å². The number of morpholine rings is 1. The third kappa shape index (κ3) is 4.64. The number of amides is 2. The molecule has 0 radical (unpaired) electrons. The van der Waals surface area contributed by atoms with Crippen molar-refractivity contribution in [2.45, 2.75) is 44.6 Å². The highest BCUT2D eigenvalue weighted by Crippen LogP contribution is 2.35. The molecule has 2 aliphatic rings. The summed E-state index contributed by atoms with van der Waals surface area (Å²) in [5, 5.41) is 0. The Bertz CT molecular complexity index is 754. The van der Waals surface area contributed by atoms with Gasteiger partial charge in [0.2, 0.25) is 11.8 Å². The van der Waals surface area contributed by atoms with E-state index < -0.39 is 17.8 Å². The summed E-state index contributed by atoms with van der Waals surface area (Å²) >= 11 is 0. The van der Waals surface area contributed by atoms with Crippen molar-refractivity contribution < 1.29 is 27.5 Å². The number of benzene rings is 1. The number of carbonyl (C=O) groups is 2. The Kier molecular flexibility index (Phi) is 5.95. The van der Waals surface area contributed by atoms with E-state index in [4.69, 9.17) is 10.5 Å². The number of nitrogens with two attached hydrogens (primary N) is 1. The fraction of sp³-hybridized carbons (Fsp3) is 0.579. The van der Waals surface area contributed by atoms with Gasteiger partial charge in [0, 0.05) is 38.6 Å². The molecule has 0 aromatic heterocycles. The van der Waals surface area contributed by atoms with Crippen molar-refractivity contribution in [3.63, 3.8) is 0 Å². The molecule has 1 aromatic carbocycles. The number of fused-ring (bicyclic) bond motifs is 1. The lowest BCUT2D eigenvalue weighted by atomic mass is 9.94. The van der Waals surface area contributed by atoms with Crippen molar-refractivity contribution in [1.82, 2.24) is 9.80 Å². The Hall–Kier alpha value is -2.13. The quantitative estimate of drug-likeness (QED) is 0.834. The first-order valence-electron chi connectivity index (χ1n) is 9.26. The van der Waals surface area contributed by atoms with E-state index in [0.717, 1.165) is 6.07 Å². The van der Waals surface area contributed by atoms with Crippen LogP contribution in [0, 0.1) is 0 Å². The van der Waals surface area contributed by atoms with E-state index in [1.165, 1.54) is 11.0 Å². The van der Waals surface area contributed by atoms with Gasteiger partial charge in [0.25, 0.3) is 0 Å². The van der Waals surface area contributed by atoms with Crippen LogP contribution < -0.4 is 5.73 Å². The molecule has 0 unspecified atom stereocenters. The Morgan fingerprint density at radius 1 is 1.39 bits per heavy atom. The Balaban J connectivity index is 1.60.